The lowest BCUT2D eigenvalue weighted by atomic mass is 10.1. The van der Waals surface area contributed by atoms with Crippen LogP contribution in [0.15, 0.2) is 22.7 Å². The molecule has 1 aromatic carbocycles. The fraction of sp³-hybridized carbons (Fsp3) is 0.462. The molecule has 1 N–H and O–H groups in total. The highest BCUT2D eigenvalue weighted by molar-refractivity contribution is 14.1. The zero-order chi connectivity index (χ0) is 13.5. The Balaban J connectivity index is 2.43. The minimum atomic E-state index is 0.00666. The van der Waals surface area contributed by atoms with E-state index in [1.165, 1.54) is 0 Å². The van der Waals surface area contributed by atoms with Gasteiger partial charge in [0.15, 0.2) is 0 Å². The molecule has 1 unspecified atom stereocenters. The van der Waals surface area contributed by atoms with E-state index in [9.17, 15) is 4.79 Å². The average Bonchev–Trinajstić information content (AvgIpc) is 2.36. The molecule has 0 saturated heterocycles. The van der Waals surface area contributed by atoms with Crippen LogP contribution in [0.5, 0.6) is 0 Å². The summed E-state index contributed by atoms with van der Waals surface area (Å²) in [6, 6.07) is 5.74. The summed E-state index contributed by atoms with van der Waals surface area (Å²) < 4.78 is 1.91. The Bertz CT molecular complexity index is 412. The highest BCUT2D eigenvalue weighted by Crippen LogP contribution is 2.18. The zero-order valence-electron chi connectivity index (χ0n) is 10.2. The smallest absolute Gasteiger partial charge is 0.252 e. The maximum Gasteiger partial charge on any atom is 0.252 e. The third-order valence-electron chi connectivity index (χ3n) is 2.60. The molecule has 1 atom stereocenters. The van der Waals surface area contributed by atoms with Gasteiger partial charge in [-0.2, -0.15) is 0 Å². The first-order chi connectivity index (χ1) is 8.54. The van der Waals surface area contributed by atoms with E-state index in [-0.39, 0.29) is 5.91 Å². The van der Waals surface area contributed by atoms with Crippen LogP contribution >= 0.6 is 54.5 Å². The summed E-state index contributed by atoms with van der Waals surface area (Å²) in [5.74, 6) is 0.667. The van der Waals surface area contributed by atoms with Crippen molar-refractivity contribution in [1.29, 1.82) is 0 Å². The molecule has 0 spiro atoms. The molecule has 0 bridgehead atoms. The van der Waals surface area contributed by atoms with Crippen molar-refractivity contribution in [2.75, 3.05) is 11.9 Å². The van der Waals surface area contributed by atoms with Gasteiger partial charge in [-0.05, 0) is 59.5 Å². The molecule has 1 amide bonds. The highest BCUT2D eigenvalue weighted by atomic mass is 127. The van der Waals surface area contributed by atoms with Crippen LogP contribution in [0.1, 0.15) is 30.1 Å². The number of nitrogens with one attached hydrogen (secondary N) is 1. The van der Waals surface area contributed by atoms with Crippen molar-refractivity contribution in [3.63, 3.8) is 0 Å². The number of hydrogen-bond donors (Lipinski definition) is 1. The number of amides is 1. The van der Waals surface area contributed by atoms with Crippen molar-refractivity contribution in [2.24, 2.45) is 5.92 Å². The van der Waals surface area contributed by atoms with Crippen LogP contribution in [0.4, 0.5) is 0 Å². The van der Waals surface area contributed by atoms with Gasteiger partial charge in [-0.15, -0.1) is 0 Å². The van der Waals surface area contributed by atoms with E-state index >= 15 is 0 Å². The van der Waals surface area contributed by atoms with Crippen LogP contribution < -0.4 is 5.32 Å². The second-order valence-corrected chi connectivity index (χ2v) is 7.01. The van der Waals surface area contributed by atoms with Gasteiger partial charge in [-0.1, -0.05) is 38.8 Å². The number of hydrogen-bond acceptors (Lipinski definition) is 1. The molecule has 0 aliphatic carbocycles. The molecule has 0 fully saturated rings. The molecule has 1 rings (SSSR count). The predicted molar refractivity (Wildman–Crippen MR) is 91.4 cm³/mol. The molecule has 0 radical (unpaired) electrons. The van der Waals surface area contributed by atoms with Crippen molar-refractivity contribution in [2.45, 2.75) is 19.8 Å². The second kappa shape index (κ2) is 8.53. The second-order valence-electron chi connectivity index (χ2n) is 4.28. The molecule has 2 nitrogen and oxygen atoms in total. The topological polar surface area (TPSA) is 29.1 Å². The van der Waals surface area contributed by atoms with Crippen LogP contribution in [-0.2, 0) is 0 Å². The molecule has 0 saturated carbocycles. The molecular weight excluding hydrogens is 473 g/mol. The fourth-order valence-corrected chi connectivity index (χ4v) is 2.76. The Morgan fingerprint density at radius 3 is 2.89 bits per heavy atom. The van der Waals surface area contributed by atoms with Gasteiger partial charge in [0.1, 0.15) is 0 Å². The monoisotopic (exact) mass is 487 g/mol. The minimum absolute atomic E-state index is 0.00666. The number of alkyl halides is 1. The number of carbonyl (C=O) groups excluding carboxylic acids is 1. The summed E-state index contributed by atoms with van der Waals surface area (Å²) in [7, 11) is 0. The number of benzene rings is 1. The summed E-state index contributed by atoms with van der Waals surface area (Å²) in [5, 5.41) is 3.98. The lowest BCUT2D eigenvalue weighted by Crippen LogP contribution is -2.25. The van der Waals surface area contributed by atoms with Gasteiger partial charge < -0.3 is 5.32 Å². The van der Waals surface area contributed by atoms with Crippen molar-refractivity contribution < 1.29 is 4.79 Å². The van der Waals surface area contributed by atoms with Crippen LogP contribution in [0.25, 0.3) is 0 Å². The Labute approximate surface area is 139 Å². The van der Waals surface area contributed by atoms with Gasteiger partial charge in [0, 0.05) is 19.9 Å². The predicted octanol–water partition coefficient (Wildman–Crippen LogP) is 4.59. The van der Waals surface area contributed by atoms with Crippen LogP contribution in [0.3, 0.4) is 0 Å². The van der Waals surface area contributed by atoms with Crippen molar-refractivity contribution in [1.82, 2.24) is 5.32 Å². The van der Waals surface area contributed by atoms with Crippen molar-refractivity contribution in [3.05, 3.63) is 31.8 Å². The van der Waals surface area contributed by atoms with Gasteiger partial charge in [0.2, 0.25) is 0 Å². The number of rotatable bonds is 6. The summed E-state index contributed by atoms with van der Waals surface area (Å²) in [4.78, 5) is 12.0. The molecule has 5 heteroatoms. The quantitative estimate of drug-likeness (QED) is 0.354. The lowest BCUT2D eigenvalue weighted by molar-refractivity contribution is 0.0951. The van der Waals surface area contributed by atoms with Crippen LogP contribution in [-0.4, -0.2) is 17.8 Å². The number of carbonyl (C=O) groups is 1. The van der Waals surface area contributed by atoms with Gasteiger partial charge in [-0.3, -0.25) is 4.79 Å². The van der Waals surface area contributed by atoms with E-state index in [2.05, 4.69) is 66.7 Å². The highest BCUT2D eigenvalue weighted by Gasteiger charge is 2.09. The van der Waals surface area contributed by atoms with Crippen LogP contribution in [0.2, 0.25) is 0 Å². The molecule has 0 aliphatic rings. The normalized spacial score (nSPS) is 12.2. The van der Waals surface area contributed by atoms with E-state index in [0.29, 0.717) is 5.92 Å². The minimum Gasteiger partial charge on any atom is -0.352 e. The first-order valence-corrected chi connectivity index (χ1v) is 8.83. The SMILES string of the molecule is CC(CBr)CCCNC(=O)c1cc(Br)ccc1I. The van der Waals surface area contributed by atoms with Crippen molar-refractivity contribution >= 4 is 60.4 Å². The van der Waals surface area contributed by atoms with E-state index in [1.54, 1.807) is 0 Å². The Morgan fingerprint density at radius 1 is 1.50 bits per heavy atom. The molecule has 0 aliphatic heterocycles. The number of halogens is 3. The Kier molecular flexibility index (Phi) is 7.79. The van der Waals surface area contributed by atoms with E-state index in [4.69, 9.17) is 0 Å². The van der Waals surface area contributed by atoms with Gasteiger partial charge in [0.25, 0.3) is 5.91 Å². The lowest BCUT2D eigenvalue weighted by Gasteiger charge is -2.09. The summed E-state index contributed by atoms with van der Waals surface area (Å²) in [5.41, 5.74) is 0.735. The zero-order valence-corrected chi connectivity index (χ0v) is 15.5. The molecule has 0 heterocycles. The first kappa shape index (κ1) is 16.4. The standard InChI is InChI=1S/C13H16Br2INO/c1-9(8-14)3-2-6-17-13(18)11-7-10(15)4-5-12(11)16/h4-5,7,9H,2-3,6,8H2,1H3,(H,17,18). The summed E-state index contributed by atoms with van der Waals surface area (Å²) >= 11 is 9.02. The van der Waals surface area contributed by atoms with Gasteiger partial charge in [0.05, 0.1) is 5.56 Å². The van der Waals surface area contributed by atoms with E-state index in [0.717, 1.165) is 38.3 Å². The molecular formula is C13H16Br2INO. The first-order valence-electron chi connectivity index (χ1n) is 5.83. The molecule has 18 heavy (non-hydrogen) atoms. The summed E-state index contributed by atoms with van der Waals surface area (Å²) in [6.45, 7) is 2.94. The van der Waals surface area contributed by atoms with Gasteiger partial charge >= 0.3 is 0 Å². The average molecular weight is 489 g/mol. The summed E-state index contributed by atoms with van der Waals surface area (Å²) in [6.07, 6.45) is 2.14. The van der Waals surface area contributed by atoms with Crippen LogP contribution in [0, 0.1) is 9.49 Å². The largest absolute Gasteiger partial charge is 0.352 e. The third kappa shape index (κ3) is 5.57. The van der Waals surface area contributed by atoms with Crippen molar-refractivity contribution in [3.8, 4) is 0 Å². The molecule has 100 valence electrons. The van der Waals surface area contributed by atoms with E-state index in [1.807, 2.05) is 18.2 Å². The fourth-order valence-electron chi connectivity index (χ4n) is 1.50. The Hall–Kier alpha value is 0.380. The maximum absolute atomic E-state index is 12.0. The van der Waals surface area contributed by atoms with E-state index < -0.39 is 0 Å². The maximum atomic E-state index is 12.0. The molecule has 0 aromatic heterocycles. The third-order valence-corrected chi connectivity index (χ3v) is 5.13. The van der Waals surface area contributed by atoms with Gasteiger partial charge in [-0.25, -0.2) is 0 Å². The molecule has 1 aromatic rings. The Morgan fingerprint density at radius 2 is 2.22 bits per heavy atom.